The van der Waals surface area contributed by atoms with E-state index in [1.807, 2.05) is 37.5 Å². The maximum Gasteiger partial charge on any atom is 0.0890 e. The Balaban J connectivity index is 1.90. The van der Waals surface area contributed by atoms with Crippen LogP contribution in [0.2, 0.25) is 0 Å². The van der Waals surface area contributed by atoms with E-state index in [-0.39, 0.29) is 0 Å². The van der Waals surface area contributed by atoms with Gasteiger partial charge in [0.05, 0.1) is 22.9 Å². The van der Waals surface area contributed by atoms with Crippen molar-refractivity contribution in [1.29, 1.82) is 0 Å². The van der Waals surface area contributed by atoms with Gasteiger partial charge in [-0.3, -0.25) is 4.98 Å². The average molecular weight is 230 g/mol. The first-order valence-electron chi connectivity index (χ1n) is 5.96. The van der Waals surface area contributed by atoms with E-state index in [9.17, 15) is 0 Å². The lowest BCUT2D eigenvalue weighted by molar-refractivity contribution is 0.619. The molecule has 0 spiro atoms. The fourth-order valence-corrected chi connectivity index (χ4v) is 1.69. The van der Waals surface area contributed by atoms with Gasteiger partial charge < -0.3 is 10.6 Å². The Kier molecular flexibility index (Phi) is 4.41. The monoisotopic (exact) mass is 230 g/mol. The van der Waals surface area contributed by atoms with Gasteiger partial charge >= 0.3 is 0 Å². The van der Waals surface area contributed by atoms with Crippen LogP contribution in [-0.4, -0.2) is 30.1 Å². The molecule has 4 nitrogen and oxygen atoms in total. The van der Waals surface area contributed by atoms with Gasteiger partial charge in [0.25, 0.3) is 0 Å². The molecule has 1 aromatic heterocycles. The summed E-state index contributed by atoms with van der Waals surface area (Å²) in [4.78, 5) is 8.93. The molecule has 90 valence electrons. The maximum absolute atomic E-state index is 4.55. The van der Waals surface area contributed by atoms with Gasteiger partial charge in [0.15, 0.2) is 0 Å². The molecule has 2 rings (SSSR count). The molecule has 0 amide bonds. The zero-order valence-electron chi connectivity index (χ0n) is 10.1. The van der Waals surface area contributed by atoms with Crippen molar-refractivity contribution in [2.24, 2.45) is 0 Å². The van der Waals surface area contributed by atoms with E-state index in [0.29, 0.717) is 0 Å². The largest absolute Gasteiger partial charge is 0.320 e. The lowest BCUT2D eigenvalue weighted by Gasteiger charge is -2.04. The molecule has 0 atom stereocenters. The molecule has 2 aromatic rings. The highest BCUT2D eigenvalue weighted by atomic mass is 14.9. The molecule has 0 aliphatic heterocycles. The van der Waals surface area contributed by atoms with Crippen molar-refractivity contribution < 1.29 is 0 Å². The van der Waals surface area contributed by atoms with Crippen molar-refractivity contribution in [3.63, 3.8) is 0 Å². The van der Waals surface area contributed by atoms with E-state index in [1.165, 1.54) is 0 Å². The van der Waals surface area contributed by atoms with Crippen molar-refractivity contribution in [1.82, 2.24) is 20.6 Å². The molecule has 2 N–H and O–H groups in total. The molecule has 17 heavy (non-hydrogen) atoms. The van der Waals surface area contributed by atoms with Crippen LogP contribution in [0.5, 0.6) is 0 Å². The van der Waals surface area contributed by atoms with Crippen LogP contribution in [0.1, 0.15) is 12.1 Å². The molecule has 1 heterocycles. The number of rotatable bonds is 6. The average Bonchev–Trinajstić information content (AvgIpc) is 2.38. The summed E-state index contributed by atoms with van der Waals surface area (Å²) in [7, 11) is 1.97. The van der Waals surface area contributed by atoms with E-state index < -0.39 is 0 Å². The van der Waals surface area contributed by atoms with Crippen LogP contribution in [0.15, 0.2) is 30.5 Å². The highest BCUT2D eigenvalue weighted by molar-refractivity contribution is 5.73. The molecule has 0 aliphatic rings. The second-order valence-corrected chi connectivity index (χ2v) is 3.98. The Morgan fingerprint density at radius 3 is 2.76 bits per heavy atom. The summed E-state index contributed by atoms with van der Waals surface area (Å²) in [5.74, 6) is 0. The maximum atomic E-state index is 4.55. The fraction of sp³-hybridized carbons (Fsp3) is 0.385. The molecule has 4 heteroatoms. The molecule has 0 unspecified atom stereocenters. The summed E-state index contributed by atoms with van der Waals surface area (Å²) >= 11 is 0. The second-order valence-electron chi connectivity index (χ2n) is 3.98. The zero-order valence-corrected chi connectivity index (χ0v) is 10.1. The number of para-hydroxylation sites is 2. The molecule has 0 fully saturated rings. The lowest BCUT2D eigenvalue weighted by atomic mass is 10.3. The molecular formula is C13H18N4. The van der Waals surface area contributed by atoms with Gasteiger partial charge in [-0.1, -0.05) is 12.1 Å². The topological polar surface area (TPSA) is 49.8 Å². The Morgan fingerprint density at radius 2 is 1.94 bits per heavy atom. The first-order valence-corrected chi connectivity index (χ1v) is 5.96. The Bertz CT molecular complexity index is 470. The van der Waals surface area contributed by atoms with Crippen LogP contribution < -0.4 is 10.6 Å². The second kappa shape index (κ2) is 6.27. The van der Waals surface area contributed by atoms with Gasteiger partial charge in [-0.2, -0.15) is 0 Å². The fourth-order valence-electron chi connectivity index (χ4n) is 1.69. The summed E-state index contributed by atoms with van der Waals surface area (Å²) < 4.78 is 0. The predicted octanol–water partition coefficient (Wildman–Crippen LogP) is 1.33. The van der Waals surface area contributed by atoms with Crippen LogP contribution in [0.25, 0.3) is 11.0 Å². The molecule has 0 saturated heterocycles. The number of aromatic nitrogens is 2. The third-order valence-electron chi connectivity index (χ3n) is 2.58. The van der Waals surface area contributed by atoms with E-state index in [4.69, 9.17) is 0 Å². The van der Waals surface area contributed by atoms with Crippen molar-refractivity contribution >= 4 is 11.0 Å². The number of nitrogens with one attached hydrogen (secondary N) is 2. The van der Waals surface area contributed by atoms with Crippen LogP contribution >= 0.6 is 0 Å². The zero-order chi connectivity index (χ0) is 11.9. The SMILES string of the molecule is CNCCCNCc1cnc2ccccc2n1. The minimum Gasteiger partial charge on any atom is -0.320 e. The highest BCUT2D eigenvalue weighted by Gasteiger charge is 1.98. The smallest absolute Gasteiger partial charge is 0.0890 e. The van der Waals surface area contributed by atoms with E-state index in [1.54, 1.807) is 0 Å². The number of benzene rings is 1. The molecule has 0 aliphatic carbocycles. The summed E-state index contributed by atoms with van der Waals surface area (Å²) in [5, 5.41) is 6.48. The van der Waals surface area contributed by atoms with Crippen LogP contribution in [-0.2, 0) is 6.54 Å². The van der Waals surface area contributed by atoms with Crippen molar-refractivity contribution in [2.45, 2.75) is 13.0 Å². The van der Waals surface area contributed by atoms with Gasteiger partial charge in [0.1, 0.15) is 0 Å². The van der Waals surface area contributed by atoms with Crippen molar-refractivity contribution in [3.8, 4) is 0 Å². The normalized spacial score (nSPS) is 10.9. The minimum atomic E-state index is 0.779. The molecular weight excluding hydrogens is 212 g/mol. The Hall–Kier alpha value is -1.52. The van der Waals surface area contributed by atoms with Crippen LogP contribution in [0, 0.1) is 0 Å². The van der Waals surface area contributed by atoms with Gasteiger partial charge in [-0.25, -0.2) is 4.98 Å². The lowest BCUT2D eigenvalue weighted by Crippen LogP contribution is -2.20. The van der Waals surface area contributed by atoms with Crippen molar-refractivity contribution in [2.75, 3.05) is 20.1 Å². The van der Waals surface area contributed by atoms with Crippen LogP contribution in [0.4, 0.5) is 0 Å². The predicted molar refractivity (Wildman–Crippen MR) is 69.8 cm³/mol. The first-order chi connectivity index (χ1) is 8.40. The third-order valence-corrected chi connectivity index (χ3v) is 2.58. The van der Waals surface area contributed by atoms with Crippen molar-refractivity contribution in [3.05, 3.63) is 36.2 Å². The highest BCUT2D eigenvalue weighted by Crippen LogP contribution is 2.07. The summed E-state index contributed by atoms with van der Waals surface area (Å²) in [6.07, 6.45) is 2.96. The minimum absolute atomic E-state index is 0.779. The van der Waals surface area contributed by atoms with Crippen LogP contribution in [0.3, 0.4) is 0 Å². The van der Waals surface area contributed by atoms with E-state index in [2.05, 4.69) is 20.6 Å². The molecule has 1 aromatic carbocycles. The third kappa shape index (κ3) is 3.47. The van der Waals surface area contributed by atoms with Gasteiger partial charge in [-0.15, -0.1) is 0 Å². The van der Waals surface area contributed by atoms with Gasteiger partial charge in [0.2, 0.25) is 0 Å². The molecule has 0 radical (unpaired) electrons. The Labute approximate surface area is 101 Å². The molecule has 0 bridgehead atoms. The van der Waals surface area contributed by atoms with Gasteiger partial charge in [0, 0.05) is 6.54 Å². The summed E-state index contributed by atoms with van der Waals surface area (Å²) in [6.45, 7) is 2.81. The number of hydrogen-bond acceptors (Lipinski definition) is 4. The summed E-state index contributed by atoms with van der Waals surface area (Å²) in [6, 6.07) is 7.94. The number of fused-ring (bicyclic) bond motifs is 1. The van der Waals surface area contributed by atoms with E-state index in [0.717, 1.165) is 42.8 Å². The van der Waals surface area contributed by atoms with Gasteiger partial charge in [-0.05, 0) is 38.7 Å². The quantitative estimate of drug-likeness (QED) is 0.735. The first kappa shape index (κ1) is 12.0. The number of hydrogen-bond donors (Lipinski definition) is 2. The number of nitrogens with zero attached hydrogens (tertiary/aromatic N) is 2. The molecule has 0 saturated carbocycles. The standard InChI is InChI=1S/C13H18N4/c1-14-7-4-8-15-9-11-10-16-12-5-2-3-6-13(12)17-11/h2-3,5-6,10,14-15H,4,7-9H2,1H3. The Morgan fingerprint density at radius 1 is 1.12 bits per heavy atom. The summed E-state index contributed by atoms with van der Waals surface area (Å²) in [5.41, 5.74) is 2.90. The van der Waals surface area contributed by atoms with E-state index >= 15 is 0 Å².